The van der Waals surface area contributed by atoms with Gasteiger partial charge in [-0.2, -0.15) is 25.3 Å². The zero-order chi connectivity index (χ0) is 21.1. The summed E-state index contributed by atoms with van der Waals surface area (Å²) in [5, 5.41) is 15.9. The molecule has 0 aromatic heterocycles. The van der Waals surface area contributed by atoms with Gasteiger partial charge in [0.25, 0.3) is 0 Å². The number of carbonyl (C=O) groups excluding carboxylic acids is 4. The van der Waals surface area contributed by atoms with Gasteiger partial charge in [0, 0.05) is 17.9 Å². The van der Waals surface area contributed by atoms with Crippen LogP contribution in [0.2, 0.25) is 0 Å². The number of rotatable bonds is 12. The van der Waals surface area contributed by atoms with Crippen LogP contribution in [0.15, 0.2) is 0 Å². The Labute approximate surface area is 167 Å². The van der Waals surface area contributed by atoms with E-state index in [1.165, 1.54) is 6.92 Å². The quantitative estimate of drug-likeness (QED) is 0.153. The minimum absolute atomic E-state index is 0.0805. The summed E-state index contributed by atoms with van der Waals surface area (Å²) < 4.78 is 0. The molecule has 0 aliphatic rings. The van der Waals surface area contributed by atoms with Crippen LogP contribution in [0.5, 0.6) is 0 Å². The lowest BCUT2D eigenvalue weighted by atomic mass is 10.1. The minimum Gasteiger partial charge on any atom is -0.480 e. The van der Waals surface area contributed by atoms with E-state index in [0.717, 1.165) is 0 Å². The van der Waals surface area contributed by atoms with Crippen LogP contribution in [0.4, 0.5) is 0 Å². The fourth-order valence-electron chi connectivity index (χ4n) is 1.78. The molecule has 13 heteroatoms. The lowest BCUT2D eigenvalue weighted by molar-refractivity contribution is -0.141. The van der Waals surface area contributed by atoms with Crippen LogP contribution >= 0.6 is 25.3 Å². The maximum absolute atomic E-state index is 12.3. The molecule has 0 aliphatic carbocycles. The zero-order valence-electron chi connectivity index (χ0n) is 14.7. The molecule has 0 aliphatic heterocycles. The maximum Gasteiger partial charge on any atom is 0.327 e. The van der Waals surface area contributed by atoms with Gasteiger partial charge in [0.2, 0.25) is 23.6 Å². The summed E-state index contributed by atoms with van der Waals surface area (Å²) in [7, 11) is 0. The monoisotopic (exact) mass is 423 g/mol. The summed E-state index contributed by atoms with van der Waals surface area (Å²) in [4.78, 5) is 58.3. The SMILES string of the molecule is CC(N)C(=O)NC(CS)C(=O)NC(CCC(N)=O)C(=O)NC(CS)C(=O)O. The normalized spacial score (nSPS) is 15.0. The Balaban J connectivity index is 5.18. The van der Waals surface area contributed by atoms with E-state index in [1.54, 1.807) is 0 Å². The first kappa shape index (κ1) is 25.0. The van der Waals surface area contributed by atoms with Gasteiger partial charge in [0.15, 0.2) is 0 Å². The van der Waals surface area contributed by atoms with Crippen LogP contribution in [-0.4, -0.2) is 70.4 Å². The number of carbonyl (C=O) groups is 5. The Bertz CT molecular complexity index is 574. The predicted molar refractivity (Wildman–Crippen MR) is 103 cm³/mol. The van der Waals surface area contributed by atoms with Gasteiger partial charge in [-0.3, -0.25) is 19.2 Å². The van der Waals surface area contributed by atoms with Crippen LogP contribution in [0.25, 0.3) is 0 Å². The molecule has 0 aromatic carbocycles. The zero-order valence-corrected chi connectivity index (χ0v) is 16.5. The van der Waals surface area contributed by atoms with Crippen LogP contribution in [0.1, 0.15) is 19.8 Å². The standard InChI is InChI=1S/C14H25N5O6S2/c1-6(15)11(21)18-8(4-26)13(23)17-7(2-3-10(16)20)12(22)19-9(5-27)14(24)25/h6-9,26-27H,2-5,15H2,1H3,(H2,16,20)(H,17,23)(H,18,21)(H,19,22)(H,24,25). The highest BCUT2D eigenvalue weighted by Gasteiger charge is 2.29. The summed E-state index contributed by atoms with van der Waals surface area (Å²) in [6.07, 6.45) is -0.388. The van der Waals surface area contributed by atoms with Crippen molar-refractivity contribution in [3.8, 4) is 0 Å². The Kier molecular flexibility index (Phi) is 11.5. The molecule has 8 N–H and O–H groups in total. The second-order valence-electron chi connectivity index (χ2n) is 5.68. The van der Waals surface area contributed by atoms with E-state index < -0.39 is 53.8 Å². The van der Waals surface area contributed by atoms with E-state index in [9.17, 15) is 24.0 Å². The number of hydrogen-bond donors (Lipinski definition) is 8. The summed E-state index contributed by atoms with van der Waals surface area (Å²) in [5.74, 6) is -4.45. The largest absolute Gasteiger partial charge is 0.480 e. The number of aliphatic carboxylic acids is 1. The van der Waals surface area contributed by atoms with Crippen molar-refractivity contribution in [2.75, 3.05) is 11.5 Å². The first-order chi connectivity index (χ1) is 12.5. The Hall–Kier alpha value is -1.99. The molecule has 27 heavy (non-hydrogen) atoms. The van der Waals surface area contributed by atoms with Crippen molar-refractivity contribution in [2.45, 2.75) is 43.9 Å². The van der Waals surface area contributed by atoms with Crippen molar-refractivity contribution < 1.29 is 29.1 Å². The van der Waals surface area contributed by atoms with Crippen molar-refractivity contribution in [1.82, 2.24) is 16.0 Å². The molecule has 11 nitrogen and oxygen atoms in total. The first-order valence-corrected chi connectivity index (χ1v) is 9.19. The average Bonchev–Trinajstić information content (AvgIpc) is 2.59. The molecule has 0 fully saturated rings. The summed E-state index contributed by atoms with van der Waals surface area (Å²) >= 11 is 7.81. The van der Waals surface area contributed by atoms with Crippen molar-refractivity contribution in [3.05, 3.63) is 0 Å². The van der Waals surface area contributed by atoms with E-state index in [-0.39, 0.29) is 24.3 Å². The fraction of sp³-hybridized carbons (Fsp3) is 0.643. The molecule has 4 amide bonds. The van der Waals surface area contributed by atoms with Gasteiger partial charge in [0.05, 0.1) is 6.04 Å². The molecule has 0 bridgehead atoms. The highest BCUT2D eigenvalue weighted by atomic mass is 32.1. The topological polar surface area (TPSA) is 194 Å². The lowest BCUT2D eigenvalue weighted by Crippen LogP contribution is -2.57. The van der Waals surface area contributed by atoms with Gasteiger partial charge >= 0.3 is 5.97 Å². The number of primary amides is 1. The maximum atomic E-state index is 12.3. The van der Waals surface area contributed by atoms with Crippen LogP contribution in [0.3, 0.4) is 0 Å². The highest BCUT2D eigenvalue weighted by molar-refractivity contribution is 7.80. The van der Waals surface area contributed by atoms with Crippen LogP contribution in [-0.2, 0) is 24.0 Å². The molecule has 0 saturated heterocycles. The average molecular weight is 424 g/mol. The van der Waals surface area contributed by atoms with Gasteiger partial charge in [0.1, 0.15) is 18.1 Å². The van der Waals surface area contributed by atoms with E-state index in [2.05, 4.69) is 41.2 Å². The minimum atomic E-state index is -1.31. The summed E-state index contributed by atoms with van der Waals surface area (Å²) in [5.41, 5.74) is 10.5. The van der Waals surface area contributed by atoms with Gasteiger partial charge in [-0.25, -0.2) is 4.79 Å². The number of nitrogens with one attached hydrogen (secondary N) is 3. The van der Waals surface area contributed by atoms with Crippen molar-refractivity contribution in [3.63, 3.8) is 0 Å². The predicted octanol–water partition coefficient (Wildman–Crippen LogP) is -3.00. The Morgan fingerprint density at radius 3 is 1.74 bits per heavy atom. The van der Waals surface area contributed by atoms with Gasteiger partial charge < -0.3 is 32.5 Å². The smallest absolute Gasteiger partial charge is 0.327 e. The number of thiol groups is 2. The van der Waals surface area contributed by atoms with Crippen LogP contribution < -0.4 is 27.4 Å². The molecule has 0 heterocycles. The molecule has 154 valence electrons. The number of carboxylic acids is 1. The van der Waals surface area contributed by atoms with Gasteiger partial charge in [-0.15, -0.1) is 0 Å². The third-order valence-corrected chi connectivity index (χ3v) is 4.07. The molecule has 4 unspecified atom stereocenters. The number of carboxylic acid groups (broad SMARTS) is 1. The highest BCUT2D eigenvalue weighted by Crippen LogP contribution is 2.02. The van der Waals surface area contributed by atoms with Crippen molar-refractivity contribution in [1.29, 1.82) is 0 Å². The Morgan fingerprint density at radius 2 is 1.33 bits per heavy atom. The molecule has 0 aromatic rings. The summed E-state index contributed by atoms with van der Waals surface area (Å²) in [6.45, 7) is 1.43. The molecule has 4 atom stereocenters. The first-order valence-electron chi connectivity index (χ1n) is 7.93. The molecular formula is C14H25N5O6S2. The number of amides is 4. The van der Waals surface area contributed by atoms with Gasteiger partial charge in [-0.1, -0.05) is 0 Å². The van der Waals surface area contributed by atoms with Crippen molar-refractivity contribution in [2.24, 2.45) is 11.5 Å². The molecule has 0 spiro atoms. The number of hydrogen-bond acceptors (Lipinski definition) is 8. The Morgan fingerprint density at radius 1 is 0.889 bits per heavy atom. The van der Waals surface area contributed by atoms with E-state index in [0.29, 0.717) is 0 Å². The molecule has 0 rings (SSSR count). The van der Waals surface area contributed by atoms with E-state index >= 15 is 0 Å². The van der Waals surface area contributed by atoms with E-state index in [4.69, 9.17) is 16.6 Å². The van der Waals surface area contributed by atoms with E-state index in [1.807, 2.05) is 0 Å². The lowest BCUT2D eigenvalue weighted by Gasteiger charge is -2.23. The van der Waals surface area contributed by atoms with Crippen LogP contribution in [0, 0.1) is 0 Å². The van der Waals surface area contributed by atoms with Crippen molar-refractivity contribution >= 4 is 54.9 Å². The van der Waals surface area contributed by atoms with Gasteiger partial charge in [-0.05, 0) is 13.3 Å². The summed E-state index contributed by atoms with van der Waals surface area (Å²) in [6, 6.07) is -4.48. The third kappa shape index (κ3) is 9.49. The molecule has 0 radical (unpaired) electrons. The fourth-order valence-corrected chi connectivity index (χ4v) is 2.29. The third-order valence-electron chi connectivity index (χ3n) is 3.34. The number of nitrogens with two attached hydrogens (primary N) is 2. The second-order valence-corrected chi connectivity index (χ2v) is 6.41. The molecular weight excluding hydrogens is 398 g/mol. The second kappa shape index (κ2) is 12.4. The molecule has 0 saturated carbocycles.